The maximum absolute atomic E-state index is 13.1. The van der Waals surface area contributed by atoms with Crippen LogP contribution in [-0.2, 0) is 22.5 Å². The highest BCUT2D eigenvalue weighted by molar-refractivity contribution is 5.86. The number of H-pyrrole nitrogens is 1. The van der Waals surface area contributed by atoms with Crippen molar-refractivity contribution >= 4 is 27.8 Å². The van der Waals surface area contributed by atoms with Crippen molar-refractivity contribution < 1.29 is 13.9 Å². The molecule has 156 valence electrons. The van der Waals surface area contributed by atoms with Gasteiger partial charge in [0.05, 0.1) is 13.7 Å². The van der Waals surface area contributed by atoms with Gasteiger partial charge in [0, 0.05) is 35.5 Å². The van der Waals surface area contributed by atoms with Crippen LogP contribution < -0.4 is 5.32 Å². The average molecular weight is 405 g/mol. The van der Waals surface area contributed by atoms with E-state index in [1.807, 2.05) is 73.7 Å². The molecule has 4 rings (SSSR count). The van der Waals surface area contributed by atoms with E-state index in [0.717, 1.165) is 33.2 Å². The Labute approximate surface area is 175 Å². The Hall–Kier alpha value is -3.09. The number of aromatic nitrogens is 1. The number of fused-ring (bicyclic) bond motifs is 2. The molecule has 2 N–H and O–H groups in total. The number of para-hydroxylation sites is 2. The van der Waals surface area contributed by atoms with Gasteiger partial charge in [-0.05, 0) is 37.9 Å². The van der Waals surface area contributed by atoms with Gasteiger partial charge in [0.15, 0.2) is 0 Å². The molecule has 0 aliphatic heterocycles. The van der Waals surface area contributed by atoms with Crippen LogP contribution in [0.5, 0.6) is 0 Å². The fraction of sp³-hybridized carbons (Fsp3) is 0.292. The molecule has 2 aromatic heterocycles. The average Bonchev–Trinajstić information content (AvgIpc) is 3.35. The van der Waals surface area contributed by atoms with Crippen molar-refractivity contribution in [3.8, 4) is 0 Å². The van der Waals surface area contributed by atoms with Crippen molar-refractivity contribution in [3.63, 3.8) is 0 Å². The summed E-state index contributed by atoms with van der Waals surface area (Å²) in [5.74, 6) is 0.486. The fourth-order valence-electron chi connectivity index (χ4n) is 4.10. The molecular formula is C24H27N3O3. The molecule has 6 nitrogen and oxygen atoms in total. The summed E-state index contributed by atoms with van der Waals surface area (Å²) in [6.45, 7) is 0.902. The lowest BCUT2D eigenvalue weighted by atomic mass is 9.89. The van der Waals surface area contributed by atoms with Gasteiger partial charge in [0.2, 0.25) is 0 Å². The summed E-state index contributed by atoms with van der Waals surface area (Å²) in [6.07, 6.45) is 2.46. The molecule has 0 amide bonds. The number of carbonyl (C=O) groups excluding carboxylic acids is 1. The third-order valence-electron chi connectivity index (χ3n) is 5.41. The first kappa shape index (κ1) is 20.2. The van der Waals surface area contributed by atoms with Gasteiger partial charge in [-0.3, -0.25) is 5.32 Å². The lowest BCUT2D eigenvalue weighted by Crippen LogP contribution is -2.59. The van der Waals surface area contributed by atoms with E-state index in [9.17, 15) is 4.79 Å². The molecule has 0 saturated heterocycles. The molecule has 0 unspecified atom stereocenters. The Bertz CT molecular complexity index is 1130. The Kier molecular flexibility index (Phi) is 5.61. The Morgan fingerprint density at radius 3 is 2.70 bits per heavy atom. The predicted octanol–water partition coefficient (Wildman–Crippen LogP) is 3.72. The summed E-state index contributed by atoms with van der Waals surface area (Å²) in [6, 6.07) is 18.0. The van der Waals surface area contributed by atoms with E-state index < -0.39 is 5.54 Å². The molecule has 2 heterocycles. The number of benzene rings is 2. The SMILES string of the molecule is COC(=O)[C@](Cc1c[nH]c2ccccc12)(CN(C)C)NCc1cc2ccccc2o1. The van der Waals surface area contributed by atoms with E-state index in [-0.39, 0.29) is 5.97 Å². The first-order valence-corrected chi connectivity index (χ1v) is 10.0. The molecule has 0 fully saturated rings. The normalized spacial score (nSPS) is 13.7. The second-order valence-electron chi connectivity index (χ2n) is 7.95. The minimum atomic E-state index is -0.928. The van der Waals surface area contributed by atoms with Crippen LogP contribution in [0.25, 0.3) is 21.9 Å². The molecule has 0 radical (unpaired) electrons. The second kappa shape index (κ2) is 8.34. The monoisotopic (exact) mass is 405 g/mol. The maximum Gasteiger partial charge on any atom is 0.327 e. The van der Waals surface area contributed by atoms with Crippen LogP contribution in [0.1, 0.15) is 11.3 Å². The first-order chi connectivity index (χ1) is 14.5. The van der Waals surface area contributed by atoms with Crippen LogP contribution in [0.4, 0.5) is 0 Å². The molecule has 0 spiro atoms. The van der Waals surface area contributed by atoms with Crippen molar-refractivity contribution in [2.45, 2.75) is 18.5 Å². The molecule has 0 bridgehead atoms. The van der Waals surface area contributed by atoms with Crippen molar-refractivity contribution in [2.75, 3.05) is 27.7 Å². The van der Waals surface area contributed by atoms with Gasteiger partial charge in [-0.25, -0.2) is 4.79 Å². The van der Waals surface area contributed by atoms with Crippen molar-refractivity contribution in [2.24, 2.45) is 0 Å². The molecule has 1 atom stereocenters. The largest absolute Gasteiger partial charge is 0.468 e. The summed E-state index contributed by atoms with van der Waals surface area (Å²) < 4.78 is 11.2. The Morgan fingerprint density at radius 2 is 1.93 bits per heavy atom. The molecular weight excluding hydrogens is 378 g/mol. The van der Waals surface area contributed by atoms with Crippen molar-refractivity contribution in [1.82, 2.24) is 15.2 Å². The summed E-state index contributed by atoms with van der Waals surface area (Å²) in [5, 5.41) is 5.62. The van der Waals surface area contributed by atoms with E-state index in [1.165, 1.54) is 7.11 Å². The molecule has 0 aliphatic rings. The van der Waals surface area contributed by atoms with Crippen LogP contribution in [-0.4, -0.2) is 49.1 Å². The standard InChI is InChI=1S/C24H27N3O3/c1-27(2)16-24(23(28)29-3,13-18-14-25-21-10-6-5-9-20(18)21)26-15-19-12-17-8-4-7-11-22(17)30-19/h4-12,14,25-26H,13,15-16H2,1-3H3/t24-/m0/s1. The van der Waals surface area contributed by atoms with Gasteiger partial charge in [-0.15, -0.1) is 0 Å². The second-order valence-corrected chi connectivity index (χ2v) is 7.95. The van der Waals surface area contributed by atoms with Crippen molar-refractivity contribution in [1.29, 1.82) is 0 Å². The summed E-state index contributed by atoms with van der Waals surface area (Å²) in [7, 11) is 5.34. The number of likely N-dealkylation sites (N-methyl/N-ethyl adjacent to an activating group) is 1. The van der Waals surface area contributed by atoms with Gasteiger partial charge >= 0.3 is 5.97 Å². The zero-order valence-electron chi connectivity index (χ0n) is 17.6. The predicted molar refractivity (Wildman–Crippen MR) is 118 cm³/mol. The number of nitrogens with one attached hydrogen (secondary N) is 2. The van der Waals surface area contributed by atoms with Gasteiger partial charge in [0.25, 0.3) is 0 Å². The lowest BCUT2D eigenvalue weighted by molar-refractivity contribution is -0.149. The first-order valence-electron chi connectivity index (χ1n) is 10.0. The van der Waals surface area contributed by atoms with E-state index >= 15 is 0 Å². The fourth-order valence-corrected chi connectivity index (χ4v) is 4.10. The number of hydrogen-bond donors (Lipinski definition) is 2. The van der Waals surface area contributed by atoms with Crippen LogP contribution in [0.2, 0.25) is 0 Å². The smallest absolute Gasteiger partial charge is 0.327 e. The molecule has 30 heavy (non-hydrogen) atoms. The Morgan fingerprint density at radius 1 is 1.17 bits per heavy atom. The van der Waals surface area contributed by atoms with Gasteiger partial charge in [-0.2, -0.15) is 0 Å². The lowest BCUT2D eigenvalue weighted by Gasteiger charge is -2.34. The number of hydrogen-bond acceptors (Lipinski definition) is 5. The number of aromatic amines is 1. The number of carbonyl (C=O) groups is 1. The number of furan rings is 1. The van der Waals surface area contributed by atoms with E-state index in [0.29, 0.717) is 19.5 Å². The maximum atomic E-state index is 13.1. The highest BCUT2D eigenvalue weighted by atomic mass is 16.5. The summed E-state index contributed by atoms with van der Waals surface area (Å²) in [4.78, 5) is 18.4. The zero-order chi connectivity index (χ0) is 21.1. The van der Waals surface area contributed by atoms with Gasteiger partial charge in [-0.1, -0.05) is 36.4 Å². The summed E-state index contributed by atoms with van der Waals surface area (Å²) >= 11 is 0. The number of methoxy groups -OCH3 is 1. The van der Waals surface area contributed by atoms with Gasteiger partial charge in [0.1, 0.15) is 16.9 Å². The number of ether oxygens (including phenoxy) is 1. The van der Waals surface area contributed by atoms with E-state index in [2.05, 4.69) is 16.4 Å². The highest BCUT2D eigenvalue weighted by Gasteiger charge is 2.40. The van der Waals surface area contributed by atoms with Gasteiger partial charge < -0.3 is 19.0 Å². The van der Waals surface area contributed by atoms with Crippen LogP contribution in [0, 0.1) is 0 Å². The summed E-state index contributed by atoms with van der Waals surface area (Å²) in [5.41, 5.74) is 2.02. The topological polar surface area (TPSA) is 70.5 Å². The molecule has 0 aliphatic carbocycles. The Balaban J connectivity index is 1.67. The van der Waals surface area contributed by atoms with Crippen molar-refractivity contribution in [3.05, 3.63) is 72.1 Å². The van der Waals surface area contributed by atoms with E-state index in [4.69, 9.17) is 9.15 Å². The number of rotatable bonds is 8. The van der Waals surface area contributed by atoms with E-state index in [1.54, 1.807) is 0 Å². The number of nitrogens with zero attached hydrogens (tertiary/aromatic N) is 1. The molecule has 6 heteroatoms. The minimum absolute atomic E-state index is 0.294. The van der Waals surface area contributed by atoms with Crippen LogP contribution in [0.15, 0.2) is 65.2 Å². The third-order valence-corrected chi connectivity index (χ3v) is 5.41. The zero-order valence-corrected chi connectivity index (χ0v) is 17.6. The highest BCUT2D eigenvalue weighted by Crippen LogP contribution is 2.25. The quantitative estimate of drug-likeness (QED) is 0.437. The minimum Gasteiger partial charge on any atom is -0.468 e. The molecule has 0 saturated carbocycles. The molecule has 2 aromatic carbocycles. The van der Waals surface area contributed by atoms with Crippen LogP contribution >= 0.6 is 0 Å². The number of esters is 1. The third kappa shape index (κ3) is 3.97. The molecule has 4 aromatic rings. The van der Waals surface area contributed by atoms with Crippen LogP contribution in [0.3, 0.4) is 0 Å².